The van der Waals surface area contributed by atoms with Crippen molar-refractivity contribution in [1.82, 2.24) is 9.88 Å². The maximum atomic E-state index is 14.9. The molecule has 2 atom stereocenters. The predicted octanol–water partition coefficient (Wildman–Crippen LogP) is 7.88. The summed E-state index contributed by atoms with van der Waals surface area (Å²) in [5.41, 5.74) is -7.42. The minimum absolute atomic E-state index is 0.00467. The molecule has 0 radical (unpaired) electrons. The minimum atomic E-state index is -6.30. The van der Waals surface area contributed by atoms with E-state index in [-0.39, 0.29) is 53.7 Å². The number of hydrogen-bond acceptors (Lipinski definition) is 5. The molecule has 45 heavy (non-hydrogen) atoms. The highest BCUT2D eigenvalue weighted by molar-refractivity contribution is 7.92. The lowest BCUT2D eigenvalue weighted by atomic mass is 9.76. The maximum Gasteiger partial charge on any atom is 0.435 e. The van der Waals surface area contributed by atoms with Gasteiger partial charge in [-0.1, -0.05) is 57.9 Å². The molecule has 0 spiro atoms. The van der Waals surface area contributed by atoms with Gasteiger partial charge in [0, 0.05) is 30.4 Å². The van der Waals surface area contributed by atoms with Gasteiger partial charge in [0.1, 0.15) is 4.75 Å². The molecule has 1 saturated heterocycles. The first-order chi connectivity index (χ1) is 21.1. The summed E-state index contributed by atoms with van der Waals surface area (Å²) in [7, 11) is -4.35. The first-order valence-electron chi connectivity index (χ1n) is 14.7. The van der Waals surface area contributed by atoms with Crippen molar-refractivity contribution < 1.29 is 49.1 Å². The SMILES string of the molecule is C=CO.CC.O=C(C1CCCCC1)N1CCC2(S(=O)(=O)c3ccncc3)c3ccc(C(F)(C(F)(F)F)C(F)(F)F)cc3CCC12. The van der Waals surface area contributed by atoms with Gasteiger partial charge in [0.25, 0.3) is 0 Å². The summed E-state index contributed by atoms with van der Waals surface area (Å²) in [6.45, 7) is 6.98. The zero-order valence-corrected chi connectivity index (χ0v) is 25.8. The Labute approximate surface area is 258 Å². The predicted molar refractivity (Wildman–Crippen MR) is 154 cm³/mol. The molecule has 3 aliphatic rings. The number of hydrogen-bond donors (Lipinski definition) is 1. The Balaban J connectivity index is 0.00000104. The Morgan fingerprint density at radius 3 is 2.07 bits per heavy atom. The van der Waals surface area contributed by atoms with Crippen LogP contribution in [0.25, 0.3) is 0 Å². The highest BCUT2D eigenvalue weighted by atomic mass is 32.2. The molecule has 1 aromatic carbocycles. The van der Waals surface area contributed by atoms with Crippen LogP contribution in [0.3, 0.4) is 0 Å². The van der Waals surface area contributed by atoms with Gasteiger partial charge in [0.15, 0.2) is 9.84 Å². The van der Waals surface area contributed by atoms with E-state index in [0.29, 0.717) is 25.0 Å². The minimum Gasteiger partial charge on any atom is -0.516 e. The Hall–Kier alpha value is -3.16. The fourth-order valence-electron chi connectivity index (χ4n) is 6.81. The van der Waals surface area contributed by atoms with E-state index in [1.54, 1.807) is 0 Å². The van der Waals surface area contributed by atoms with E-state index in [9.17, 15) is 43.9 Å². The molecule has 1 amide bonds. The molecule has 1 N–H and O–H groups in total. The van der Waals surface area contributed by atoms with Gasteiger partial charge in [-0.2, -0.15) is 26.3 Å². The molecule has 250 valence electrons. The molecule has 1 aromatic heterocycles. The van der Waals surface area contributed by atoms with E-state index >= 15 is 0 Å². The molecule has 2 fully saturated rings. The topological polar surface area (TPSA) is 87.6 Å². The number of carbonyl (C=O) groups is 1. The summed E-state index contributed by atoms with van der Waals surface area (Å²) in [5.74, 6) is -0.462. The Kier molecular flexibility index (Phi) is 11.0. The van der Waals surface area contributed by atoms with E-state index in [4.69, 9.17) is 5.11 Å². The van der Waals surface area contributed by atoms with Crippen LogP contribution < -0.4 is 0 Å². The van der Waals surface area contributed by atoms with Crippen molar-refractivity contribution in [3.63, 3.8) is 0 Å². The number of aliphatic hydroxyl groups is 1. The largest absolute Gasteiger partial charge is 0.516 e. The van der Waals surface area contributed by atoms with Crippen molar-refractivity contribution in [1.29, 1.82) is 0 Å². The third-order valence-corrected chi connectivity index (χ3v) is 11.3. The van der Waals surface area contributed by atoms with E-state index in [2.05, 4.69) is 11.6 Å². The number of pyridine rings is 1. The number of fused-ring (bicyclic) bond motifs is 3. The van der Waals surface area contributed by atoms with Gasteiger partial charge in [-0.3, -0.25) is 9.78 Å². The number of alkyl halides is 7. The van der Waals surface area contributed by atoms with Gasteiger partial charge in [-0.15, -0.1) is 0 Å². The molecule has 1 saturated carbocycles. The molecule has 2 unspecified atom stereocenters. The van der Waals surface area contributed by atoms with Crippen LogP contribution in [0.1, 0.15) is 75.5 Å². The van der Waals surface area contributed by atoms with Gasteiger partial charge in [0.2, 0.25) is 5.91 Å². The van der Waals surface area contributed by atoms with Crippen LogP contribution >= 0.6 is 0 Å². The fourth-order valence-corrected chi connectivity index (χ4v) is 9.16. The third-order valence-electron chi connectivity index (χ3n) is 8.74. The van der Waals surface area contributed by atoms with Crippen molar-refractivity contribution in [2.24, 2.45) is 5.92 Å². The molecule has 0 bridgehead atoms. The summed E-state index contributed by atoms with van der Waals surface area (Å²) >= 11 is 0. The number of amides is 1. The lowest BCUT2D eigenvalue weighted by Gasteiger charge is -2.43. The second-order valence-electron chi connectivity index (χ2n) is 11.0. The quantitative estimate of drug-likeness (QED) is 0.265. The summed E-state index contributed by atoms with van der Waals surface area (Å²) in [5, 5.41) is 7.33. The Morgan fingerprint density at radius 2 is 1.53 bits per heavy atom. The second kappa shape index (κ2) is 13.7. The maximum absolute atomic E-state index is 14.9. The van der Waals surface area contributed by atoms with E-state index in [0.717, 1.165) is 31.6 Å². The van der Waals surface area contributed by atoms with Crippen LogP contribution in [-0.4, -0.2) is 54.3 Å². The van der Waals surface area contributed by atoms with Crippen molar-refractivity contribution in [2.75, 3.05) is 6.54 Å². The number of rotatable bonds is 4. The summed E-state index contributed by atoms with van der Waals surface area (Å²) in [4.78, 5) is 18.8. The summed E-state index contributed by atoms with van der Waals surface area (Å²) < 4.78 is 123. The van der Waals surface area contributed by atoms with Crippen LogP contribution in [0.5, 0.6) is 0 Å². The molecule has 1 aliphatic heterocycles. The van der Waals surface area contributed by atoms with Gasteiger partial charge in [-0.25, -0.2) is 12.8 Å². The second-order valence-corrected chi connectivity index (χ2v) is 13.2. The molecule has 5 rings (SSSR count). The van der Waals surface area contributed by atoms with Crippen LogP contribution in [0.15, 0.2) is 60.5 Å². The fraction of sp³-hybridized carbons (Fsp3) is 0.548. The van der Waals surface area contributed by atoms with Crippen molar-refractivity contribution >= 4 is 15.7 Å². The number of sulfone groups is 1. The van der Waals surface area contributed by atoms with Crippen molar-refractivity contribution in [3.05, 3.63) is 72.3 Å². The average Bonchev–Trinajstić information content (AvgIpc) is 3.43. The number of aryl methyl sites for hydroxylation is 1. The van der Waals surface area contributed by atoms with Crippen LogP contribution in [0.2, 0.25) is 0 Å². The summed E-state index contributed by atoms with van der Waals surface area (Å²) in [6.07, 6.45) is -5.51. The normalized spacial score (nSPS) is 22.2. The smallest absolute Gasteiger partial charge is 0.435 e. The number of carbonyl (C=O) groups excluding carboxylic acids is 1. The van der Waals surface area contributed by atoms with Crippen LogP contribution in [0.4, 0.5) is 30.7 Å². The molecule has 2 aromatic rings. The third kappa shape index (κ3) is 6.18. The van der Waals surface area contributed by atoms with Crippen molar-refractivity contribution in [3.8, 4) is 0 Å². The van der Waals surface area contributed by atoms with E-state index in [1.165, 1.54) is 29.4 Å². The van der Waals surface area contributed by atoms with Crippen molar-refractivity contribution in [2.45, 2.75) is 98.9 Å². The molecule has 6 nitrogen and oxygen atoms in total. The molecule has 14 heteroatoms. The number of halogens is 7. The molecular weight excluding hydrogens is 629 g/mol. The number of aromatic nitrogens is 1. The highest BCUT2D eigenvalue weighted by Gasteiger charge is 2.74. The first-order valence-corrected chi connectivity index (χ1v) is 16.2. The van der Waals surface area contributed by atoms with Gasteiger partial charge in [0.05, 0.1) is 17.2 Å². The number of aliphatic hydroxyl groups excluding tert-OH is 1. The monoisotopic (exact) mass is 666 g/mol. The van der Waals surface area contributed by atoms with Crippen LogP contribution in [-0.2, 0) is 31.5 Å². The van der Waals surface area contributed by atoms with E-state index in [1.807, 2.05) is 13.8 Å². The Bertz CT molecular complexity index is 1430. The van der Waals surface area contributed by atoms with E-state index < -0.39 is 44.2 Å². The molecular formula is C31H37F7N2O4S. The lowest BCUT2D eigenvalue weighted by Crippen LogP contribution is -2.53. The number of nitrogens with zero attached hydrogens (tertiary/aromatic N) is 2. The first kappa shape index (κ1) is 36.3. The summed E-state index contributed by atoms with van der Waals surface area (Å²) in [6, 6.07) is 3.36. The number of benzene rings is 1. The Morgan fingerprint density at radius 1 is 0.978 bits per heavy atom. The van der Waals surface area contributed by atoms with Gasteiger partial charge in [-0.05, 0) is 55.4 Å². The highest BCUT2D eigenvalue weighted by Crippen LogP contribution is 2.57. The molecule has 2 heterocycles. The van der Waals surface area contributed by atoms with Gasteiger partial charge >= 0.3 is 18.0 Å². The number of likely N-dealkylation sites (tertiary alicyclic amines) is 1. The zero-order chi connectivity index (χ0) is 33.8. The zero-order valence-electron chi connectivity index (χ0n) is 25.0. The lowest BCUT2D eigenvalue weighted by molar-refractivity contribution is -0.348. The van der Waals surface area contributed by atoms with Crippen LogP contribution in [0, 0.1) is 5.92 Å². The molecule has 2 aliphatic carbocycles. The average molecular weight is 667 g/mol. The van der Waals surface area contributed by atoms with Gasteiger partial charge < -0.3 is 10.0 Å². The standard InChI is InChI=1S/C27H27F7N2O3S.C2H4O.C2H6/c28-25(26(29,30)31,27(32,33)34)19-7-8-21-18(16-19)6-9-22-24(21,40(38,39)20-10-13-35-14-11-20)12-15-36(22)23(37)17-4-2-1-3-5-17;1-2-3;1-2/h7-8,10-11,13-14,16-17,22H,1-6,9,12,15H2;2-3H,1H2;1-2H3.